The molecule has 0 bridgehead atoms. The van der Waals surface area contributed by atoms with Crippen molar-refractivity contribution in [1.29, 1.82) is 0 Å². The second-order valence-corrected chi connectivity index (χ2v) is 5.31. The Morgan fingerprint density at radius 3 is 2.67 bits per heavy atom. The highest BCUT2D eigenvalue weighted by atomic mass is 127. The average molecular weight is 408 g/mol. The van der Waals surface area contributed by atoms with E-state index in [9.17, 15) is 0 Å². The monoisotopic (exact) mass is 408 g/mol. The van der Waals surface area contributed by atoms with Gasteiger partial charge in [-0.1, -0.05) is 26.7 Å². The zero-order chi connectivity index (χ0) is 14.8. The van der Waals surface area contributed by atoms with E-state index >= 15 is 0 Å². The van der Waals surface area contributed by atoms with Crippen molar-refractivity contribution in [3.63, 3.8) is 0 Å². The minimum Gasteiger partial charge on any atom is -0.357 e. The summed E-state index contributed by atoms with van der Waals surface area (Å²) in [5, 5.41) is 10.6. The number of guanidine groups is 1. The molecule has 122 valence electrons. The van der Waals surface area contributed by atoms with Gasteiger partial charge in [0, 0.05) is 20.1 Å². The summed E-state index contributed by atoms with van der Waals surface area (Å²) in [6, 6.07) is 0. The van der Waals surface area contributed by atoms with E-state index in [4.69, 9.17) is 0 Å². The fourth-order valence-electron chi connectivity index (χ4n) is 1.84. The zero-order valence-electron chi connectivity index (χ0n) is 13.6. The number of hydrogen-bond donors (Lipinski definition) is 2. The summed E-state index contributed by atoms with van der Waals surface area (Å²) >= 11 is 0. The fraction of sp³-hybridized carbons (Fsp3) is 0.786. The third-order valence-electron chi connectivity index (χ3n) is 3.03. The van der Waals surface area contributed by atoms with Crippen LogP contribution in [0.3, 0.4) is 0 Å². The molecule has 7 heteroatoms. The lowest BCUT2D eigenvalue weighted by atomic mass is 10.1. The van der Waals surface area contributed by atoms with E-state index in [2.05, 4.69) is 46.5 Å². The quantitative estimate of drug-likeness (QED) is 0.300. The topological polar surface area (TPSA) is 67.1 Å². The number of aryl methyl sites for hydroxylation is 1. The van der Waals surface area contributed by atoms with Crippen LogP contribution in [0.5, 0.6) is 0 Å². The molecule has 1 rings (SSSR count). The van der Waals surface area contributed by atoms with Crippen LogP contribution in [0.4, 0.5) is 0 Å². The molecule has 0 saturated heterocycles. The average Bonchev–Trinajstić information content (AvgIpc) is 2.80. The van der Waals surface area contributed by atoms with Gasteiger partial charge in [-0.15, -0.1) is 24.0 Å². The molecule has 0 aliphatic carbocycles. The Morgan fingerprint density at radius 2 is 2.10 bits per heavy atom. The van der Waals surface area contributed by atoms with E-state index in [1.165, 1.54) is 19.3 Å². The standard InChI is InChI=1S/C14H28N6.HI/c1-5-15-14(16-9-7-6-8-12(2)3)17-10-13-18-11-19-20(13)4;/h11-12H,5-10H2,1-4H3,(H2,15,16,17);1H. The van der Waals surface area contributed by atoms with Crippen molar-refractivity contribution < 1.29 is 0 Å². The normalized spacial score (nSPS) is 11.4. The van der Waals surface area contributed by atoms with E-state index in [0.717, 1.165) is 30.8 Å². The second-order valence-electron chi connectivity index (χ2n) is 5.31. The lowest BCUT2D eigenvalue weighted by molar-refractivity contribution is 0.534. The van der Waals surface area contributed by atoms with Crippen LogP contribution in [0.15, 0.2) is 11.3 Å². The SMILES string of the molecule is CCNC(=NCc1ncnn1C)NCCCCC(C)C.I. The van der Waals surface area contributed by atoms with Crippen LogP contribution in [0.2, 0.25) is 0 Å². The minimum absolute atomic E-state index is 0. The molecule has 0 radical (unpaired) electrons. The fourth-order valence-corrected chi connectivity index (χ4v) is 1.84. The van der Waals surface area contributed by atoms with E-state index in [0.29, 0.717) is 6.54 Å². The number of halogens is 1. The number of rotatable bonds is 8. The Bertz CT molecular complexity index is 402. The van der Waals surface area contributed by atoms with Crippen LogP contribution in [0.1, 0.15) is 45.9 Å². The molecule has 1 aromatic rings. The molecule has 1 heterocycles. The zero-order valence-corrected chi connectivity index (χ0v) is 15.9. The summed E-state index contributed by atoms with van der Waals surface area (Å²) in [6.45, 7) is 8.95. The molecule has 21 heavy (non-hydrogen) atoms. The first-order valence-electron chi connectivity index (χ1n) is 7.48. The third-order valence-corrected chi connectivity index (χ3v) is 3.03. The van der Waals surface area contributed by atoms with E-state index in [-0.39, 0.29) is 24.0 Å². The molecule has 0 aliphatic heterocycles. The predicted molar refractivity (Wildman–Crippen MR) is 97.9 cm³/mol. The molecule has 0 fully saturated rings. The second kappa shape index (κ2) is 11.8. The molecule has 0 unspecified atom stereocenters. The first-order chi connectivity index (χ1) is 9.63. The van der Waals surface area contributed by atoms with Crippen molar-refractivity contribution in [2.75, 3.05) is 13.1 Å². The third kappa shape index (κ3) is 8.90. The van der Waals surface area contributed by atoms with Crippen LogP contribution < -0.4 is 10.6 Å². The summed E-state index contributed by atoms with van der Waals surface area (Å²) in [4.78, 5) is 8.69. The lowest BCUT2D eigenvalue weighted by Crippen LogP contribution is -2.37. The van der Waals surface area contributed by atoms with Gasteiger partial charge in [-0.05, 0) is 19.3 Å². The highest BCUT2D eigenvalue weighted by Crippen LogP contribution is 2.05. The molecule has 0 spiro atoms. The molecule has 0 saturated carbocycles. The van der Waals surface area contributed by atoms with Crippen molar-refractivity contribution in [2.24, 2.45) is 18.0 Å². The first kappa shape index (κ1) is 20.1. The van der Waals surface area contributed by atoms with Crippen LogP contribution >= 0.6 is 24.0 Å². The van der Waals surface area contributed by atoms with Gasteiger partial charge in [0.1, 0.15) is 18.7 Å². The lowest BCUT2D eigenvalue weighted by Gasteiger charge is -2.11. The molecule has 0 amide bonds. The van der Waals surface area contributed by atoms with E-state index in [1.807, 2.05) is 7.05 Å². The summed E-state index contributed by atoms with van der Waals surface area (Å²) in [5.74, 6) is 2.50. The van der Waals surface area contributed by atoms with Gasteiger partial charge >= 0.3 is 0 Å². The van der Waals surface area contributed by atoms with Crippen molar-refractivity contribution in [3.8, 4) is 0 Å². The molecule has 0 aliphatic rings. The number of hydrogen-bond acceptors (Lipinski definition) is 3. The van der Waals surface area contributed by atoms with Crippen molar-refractivity contribution >= 4 is 29.9 Å². The molecular formula is C14H29IN6. The largest absolute Gasteiger partial charge is 0.357 e. The summed E-state index contributed by atoms with van der Waals surface area (Å²) in [7, 11) is 1.88. The Hall–Kier alpha value is -0.860. The van der Waals surface area contributed by atoms with Gasteiger partial charge in [0.15, 0.2) is 5.96 Å². The minimum atomic E-state index is 0. The Kier molecular flexibility index (Phi) is 11.3. The maximum Gasteiger partial charge on any atom is 0.191 e. The van der Waals surface area contributed by atoms with Crippen LogP contribution in [-0.4, -0.2) is 33.8 Å². The summed E-state index contributed by atoms with van der Waals surface area (Å²) in [6.07, 6.45) is 5.27. The van der Waals surface area contributed by atoms with Gasteiger partial charge in [0.05, 0.1) is 0 Å². The highest BCUT2D eigenvalue weighted by Gasteiger charge is 2.01. The Labute approximate surface area is 145 Å². The van der Waals surface area contributed by atoms with Crippen molar-refractivity contribution in [1.82, 2.24) is 25.4 Å². The Balaban J connectivity index is 0.00000400. The number of aliphatic imine (C=N–C) groups is 1. The molecule has 0 aromatic carbocycles. The van der Waals surface area contributed by atoms with Crippen LogP contribution in [-0.2, 0) is 13.6 Å². The molecule has 6 nitrogen and oxygen atoms in total. The Morgan fingerprint density at radius 1 is 1.33 bits per heavy atom. The van der Waals surface area contributed by atoms with E-state index < -0.39 is 0 Å². The van der Waals surface area contributed by atoms with Crippen molar-refractivity contribution in [3.05, 3.63) is 12.2 Å². The first-order valence-corrected chi connectivity index (χ1v) is 7.48. The predicted octanol–water partition coefficient (Wildman–Crippen LogP) is 2.31. The number of nitrogens with zero attached hydrogens (tertiary/aromatic N) is 4. The highest BCUT2D eigenvalue weighted by molar-refractivity contribution is 14.0. The molecule has 1 aromatic heterocycles. The summed E-state index contributed by atoms with van der Waals surface area (Å²) < 4.78 is 1.75. The maximum atomic E-state index is 4.52. The van der Waals surface area contributed by atoms with E-state index in [1.54, 1.807) is 11.0 Å². The van der Waals surface area contributed by atoms with Crippen LogP contribution in [0.25, 0.3) is 0 Å². The van der Waals surface area contributed by atoms with Gasteiger partial charge in [0.2, 0.25) is 0 Å². The smallest absolute Gasteiger partial charge is 0.191 e. The molecule has 0 atom stereocenters. The van der Waals surface area contributed by atoms with Crippen LogP contribution in [0, 0.1) is 5.92 Å². The van der Waals surface area contributed by atoms with Gasteiger partial charge in [-0.3, -0.25) is 4.68 Å². The molecular weight excluding hydrogens is 379 g/mol. The van der Waals surface area contributed by atoms with Crippen molar-refractivity contribution in [2.45, 2.75) is 46.6 Å². The van der Waals surface area contributed by atoms with Gasteiger partial charge in [-0.25, -0.2) is 9.98 Å². The van der Waals surface area contributed by atoms with Gasteiger partial charge < -0.3 is 10.6 Å². The molecule has 2 N–H and O–H groups in total. The van der Waals surface area contributed by atoms with Gasteiger partial charge in [0.25, 0.3) is 0 Å². The maximum absolute atomic E-state index is 4.52. The number of unbranched alkanes of at least 4 members (excludes halogenated alkanes) is 1. The number of aromatic nitrogens is 3. The summed E-state index contributed by atoms with van der Waals surface area (Å²) in [5.41, 5.74) is 0. The van der Waals surface area contributed by atoms with Gasteiger partial charge in [-0.2, -0.15) is 5.10 Å². The number of nitrogens with one attached hydrogen (secondary N) is 2.